The molecule has 1 rings (SSSR count). The van der Waals surface area contributed by atoms with Gasteiger partial charge in [0.2, 0.25) is 0 Å². The largest absolute Gasteiger partial charge is 0.497 e. The maximum Gasteiger partial charge on any atom is 0.323 e. The molecule has 0 saturated carbocycles. The van der Waals surface area contributed by atoms with Gasteiger partial charge in [-0.2, -0.15) is 0 Å². The highest BCUT2D eigenvalue weighted by Crippen LogP contribution is 2.24. The third-order valence-corrected chi connectivity index (χ3v) is 2.16. The summed E-state index contributed by atoms with van der Waals surface area (Å²) in [7, 11) is 1.50. The Hall–Kier alpha value is -1.60. The SMILES string of the molecule is COc1cc(Br)cc(NC(=O)C(=O)NN)c1. The molecule has 0 saturated heterocycles. The molecule has 7 heteroatoms. The standard InChI is InChI=1S/C9H10BrN3O3/c1-16-7-3-5(10)2-6(4-7)12-8(14)9(15)13-11/h2-4H,11H2,1H3,(H,12,14)(H,13,15). The van der Waals surface area contributed by atoms with Crippen molar-refractivity contribution in [2.75, 3.05) is 12.4 Å². The number of ether oxygens (including phenoxy) is 1. The number of amides is 2. The third-order valence-electron chi connectivity index (χ3n) is 1.70. The lowest BCUT2D eigenvalue weighted by molar-refractivity contribution is -0.136. The van der Waals surface area contributed by atoms with Crippen molar-refractivity contribution < 1.29 is 14.3 Å². The molecule has 0 heterocycles. The topological polar surface area (TPSA) is 93.4 Å². The molecule has 86 valence electrons. The third kappa shape index (κ3) is 3.21. The molecule has 0 aliphatic rings. The Morgan fingerprint density at radius 2 is 2.00 bits per heavy atom. The molecule has 0 atom stereocenters. The van der Waals surface area contributed by atoms with E-state index in [-0.39, 0.29) is 0 Å². The minimum atomic E-state index is -0.918. The fourth-order valence-electron chi connectivity index (χ4n) is 1.01. The van der Waals surface area contributed by atoms with Crippen LogP contribution in [0.2, 0.25) is 0 Å². The summed E-state index contributed by atoms with van der Waals surface area (Å²) in [6.45, 7) is 0. The summed E-state index contributed by atoms with van der Waals surface area (Å²) in [6.07, 6.45) is 0. The van der Waals surface area contributed by atoms with E-state index in [1.165, 1.54) is 7.11 Å². The zero-order valence-electron chi connectivity index (χ0n) is 8.41. The summed E-state index contributed by atoms with van der Waals surface area (Å²) in [6, 6.07) is 4.93. The van der Waals surface area contributed by atoms with Crippen molar-refractivity contribution in [3.8, 4) is 5.75 Å². The fraction of sp³-hybridized carbons (Fsp3) is 0.111. The average molecular weight is 288 g/mol. The van der Waals surface area contributed by atoms with Crippen LogP contribution in [0, 0.1) is 0 Å². The van der Waals surface area contributed by atoms with Crippen molar-refractivity contribution in [3.63, 3.8) is 0 Å². The molecule has 0 radical (unpaired) electrons. The number of benzene rings is 1. The molecule has 6 nitrogen and oxygen atoms in total. The highest BCUT2D eigenvalue weighted by atomic mass is 79.9. The molecule has 4 N–H and O–H groups in total. The van der Waals surface area contributed by atoms with Crippen LogP contribution in [0.15, 0.2) is 22.7 Å². The van der Waals surface area contributed by atoms with Gasteiger partial charge in [-0.05, 0) is 12.1 Å². The molecule has 0 aromatic heterocycles. The Morgan fingerprint density at radius 3 is 2.56 bits per heavy atom. The van der Waals surface area contributed by atoms with Crippen molar-refractivity contribution in [1.82, 2.24) is 5.43 Å². The molecule has 1 aromatic carbocycles. The lowest BCUT2D eigenvalue weighted by Gasteiger charge is -2.07. The first-order valence-corrected chi connectivity index (χ1v) is 5.02. The summed E-state index contributed by atoms with van der Waals surface area (Å²) < 4.78 is 5.72. The van der Waals surface area contributed by atoms with Gasteiger partial charge in [0.05, 0.1) is 7.11 Å². The summed E-state index contributed by atoms with van der Waals surface area (Å²) in [5, 5.41) is 2.37. The summed E-state index contributed by atoms with van der Waals surface area (Å²) in [5.74, 6) is 3.61. The number of halogens is 1. The summed E-state index contributed by atoms with van der Waals surface area (Å²) in [5.41, 5.74) is 2.16. The zero-order valence-corrected chi connectivity index (χ0v) is 10.00. The summed E-state index contributed by atoms with van der Waals surface area (Å²) in [4.78, 5) is 22.1. The van der Waals surface area contributed by atoms with E-state index < -0.39 is 11.8 Å². The van der Waals surface area contributed by atoms with E-state index >= 15 is 0 Å². The molecular weight excluding hydrogens is 278 g/mol. The van der Waals surface area contributed by atoms with Crippen LogP contribution in [-0.4, -0.2) is 18.9 Å². The minimum Gasteiger partial charge on any atom is -0.497 e. The van der Waals surface area contributed by atoms with Gasteiger partial charge in [0.25, 0.3) is 0 Å². The number of nitrogens with one attached hydrogen (secondary N) is 2. The second kappa shape index (κ2) is 5.47. The van der Waals surface area contributed by atoms with Gasteiger partial charge in [-0.25, -0.2) is 5.84 Å². The number of hydrogen-bond acceptors (Lipinski definition) is 4. The molecule has 2 amide bonds. The Bertz CT molecular complexity index is 422. The number of anilines is 1. The van der Waals surface area contributed by atoms with Crippen LogP contribution in [0.3, 0.4) is 0 Å². The van der Waals surface area contributed by atoms with E-state index in [0.717, 1.165) is 4.47 Å². The second-order valence-electron chi connectivity index (χ2n) is 2.81. The first-order valence-electron chi connectivity index (χ1n) is 4.23. The highest BCUT2D eigenvalue weighted by Gasteiger charge is 2.12. The van der Waals surface area contributed by atoms with E-state index in [1.807, 2.05) is 0 Å². The number of rotatable bonds is 2. The monoisotopic (exact) mass is 287 g/mol. The quantitative estimate of drug-likeness (QED) is 0.317. The average Bonchev–Trinajstić information content (AvgIpc) is 2.26. The van der Waals surface area contributed by atoms with Crippen LogP contribution < -0.4 is 21.3 Å². The molecule has 1 aromatic rings. The van der Waals surface area contributed by atoms with Gasteiger partial charge in [-0.3, -0.25) is 15.0 Å². The number of hydrogen-bond donors (Lipinski definition) is 3. The summed E-state index contributed by atoms with van der Waals surface area (Å²) >= 11 is 3.24. The van der Waals surface area contributed by atoms with E-state index in [2.05, 4.69) is 21.2 Å². The normalized spacial score (nSPS) is 9.44. The van der Waals surface area contributed by atoms with Crippen molar-refractivity contribution in [2.45, 2.75) is 0 Å². The van der Waals surface area contributed by atoms with Gasteiger partial charge in [0, 0.05) is 16.2 Å². The van der Waals surface area contributed by atoms with E-state index in [1.54, 1.807) is 23.6 Å². The van der Waals surface area contributed by atoms with Crippen molar-refractivity contribution >= 4 is 33.4 Å². The zero-order chi connectivity index (χ0) is 12.1. The van der Waals surface area contributed by atoms with Crippen molar-refractivity contribution in [1.29, 1.82) is 0 Å². The fourth-order valence-corrected chi connectivity index (χ4v) is 1.48. The second-order valence-corrected chi connectivity index (χ2v) is 3.72. The molecule has 0 aliphatic heterocycles. The van der Waals surface area contributed by atoms with Crippen LogP contribution in [0.4, 0.5) is 5.69 Å². The van der Waals surface area contributed by atoms with Crippen molar-refractivity contribution in [2.24, 2.45) is 5.84 Å². The Balaban J connectivity index is 2.85. The Labute approximate surface area is 100 Å². The van der Waals surface area contributed by atoms with E-state index in [9.17, 15) is 9.59 Å². The molecule has 0 aliphatic carbocycles. The first-order chi connectivity index (χ1) is 7.56. The molecule has 0 bridgehead atoms. The number of nitrogens with two attached hydrogens (primary N) is 1. The van der Waals surface area contributed by atoms with Gasteiger partial charge in [-0.15, -0.1) is 0 Å². The van der Waals surface area contributed by atoms with E-state index in [4.69, 9.17) is 10.6 Å². The van der Waals surface area contributed by atoms with E-state index in [0.29, 0.717) is 11.4 Å². The molecule has 16 heavy (non-hydrogen) atoms. The lowest BCUT2D eigenvalue weighted by atomic mass is 10.3. The Kier molecular flexibility index (Phi) is 4.27. The van der Waals surface area contributed by atoms with Crippen molar-refractivity contribution in [3.05, 3.63) is 22.7 Å². The predicted molar refractivity (Wildman–Crippen MR) is 61.7 cm³/mol. The maximum atomic E-state index is 11.2. The van der Waals surface area contributed by atoms with Gasteiger partial charge in [0.1, 0.15) is 5.75 Å². The predicted octanol–water partition coefficient (Wildman–Crippen LogP) is 0.386. The van der Waals surface area contributed by atoms with Gasteiger partial charge in [0.15, 0.2) is 0 Å². The molecule has 0 unspecified atom stereocenters. The van der Waals surface area contributed by atoms with Crippen LogP contribution in [0.5, 0.6) is 5.75 Å². The number of carbonyl (C=O) groups is 2. The first kappa shape index (κ1) is 12.5. The molecule has 0 fully saturated rings. The Morgan fingerprint density at radius 1 is 1.31 bits per heavy atom. The van der Waals surface area contributed by atoms with Gasteiger partial charge in [-0.1, -0.05) is 15.9 Å². The van der Waals surface area contributed by atoms with Gasteiger partial charge < -0.3 is 10.1 Å². The van der Waals surface area contributed by atoms with Crippen LogP contribution in [0.25, 0.3) is 0 Å². The van der Waals surface area contributed by atoms with Gasteiger partial charge >= 0.3 is 11.8 Å². The highest BCUT2D eigenvalue weighted by molar-refractivity contribution is 9.10. The lowest BCUT2D eigenvalue weighted by Crippen LogP contribution is -2.39. The smallest absolute Gasteiger partial charge is 0.323 e. The number of methoxy groups -OCH3 is 1. The molecular formula is C9H10BrN3O3. The van der Waals surface area contributed by atoms with Crippen LogP contribution in [-0.2, 0) is 9.59 Å². The maximum absolute atomic E-state index is 11.2. The molecule has 0 spiro atoms. The number of carbonyl (C=O) groups excluding carboxylic acids is 2. The van der Waals surface area contributed by atoms with Crippen LogP contribution in [0.1, 0.15) is 0 Å². The minimum absolute atomic E-state index is 0.430. The number of hydrazine groups is 1. The van der Waals surface area contributed by atoms with Crippen LogP contribution >= 0.6 is 15.9 Å².